The molecule has 0 unspecified atom stereocenters. The lowest BCUT2D eigenvalue weighted by atomic mass is 10.2. The molecule has 0 aromatic carbocycles. The summed E-state index contributed by atoms with van der Waals surface area (Å²) in [6, 6.07) is 3.85. The van der Waals surface area contributed by atoms with Crippen molar-refractivity contribution < 1.29 is 14.3 Å². The molecule has 0 saturated heterocycles. The van der Waals surface area contributed by atoms with Crippen molar-refractivity contribution in [3.8, 4) is 0 Å². The third kappa shape index (κ3) is 3.94. The highest BCUT2D eigenvalue weighted by atomic mass is 79.9. The molecule has 5 heteroatoms. The van der Waals surface area contributed by atoms with Crippen molar-refractivity contribution in [2.45, 2.75) is 31.7 Å². The van der Waals surface area contributed by atoms with Gasteiger partial charge < -0.3 is 14.4 Å². The SMILES string of the molecule is O=C(C=Cc1ccc(Br)o1)N(CCO)C1CCCC1. The largest absolute Gasteiger partial charge is 0.450 e. The lowest BCUT2D eigenvalue weighted by Gasteiger charge is -2.27. The van der Waals surface area contributed by atoms with Crippen molar-refractivity contribution in [1.82, 2.24) is 4.90 Å². The van der Waals surface area contributed by atoms with Gasteiger partial charge in [-0.1, -0.05) is 12.8 Å². The Kier molecular flexibility index (Phi) is 5.22. The maximum absolute atomic E-state index is 12.2. The van der Waals surface area contributed by atoms with E-state index in [-0.39, 0.29) is 18.6 Å². The lowest BCUT2D eigenvalue weighted by Crippen LogP contribution is -2.39. The Morgan fingerprint density at radius 3 is 2.79 bits per heavy atom. The van der Waals surface area contributed by atoms with Gasteiger partial charge in [0, 0.05) is 18.7 Å². The smallest absolute Gasteiger partial charge is 0.247 e. The molecule has 1 saturated carbocycles. The minimum Gasteiger partial charge on any atom is -0.450 e. The molecule has 104 valence electrons. The zero-order chi connectivity index (χ0) is 13.7. The maximum atomic E-state index is 12.2. The normalized spacial score (nSPS) is 16.3. The Bertz CT molecular complexity index is 449. The number of rotatable bonds is 5. The van der Waals surface area contributed by atoms with E-state index in [4.69, 9.17) is 9.52 Å². The first-order valence-electron chi connectivity index (χ1n) is 6.55. The fraction of sp³-hybridized carbons (Fsp3) is 0.500. The van der Waals surface area contributed by atoms with Crippen molar-refractivity contribution in [2.24, 2.45) is 0 Å². The molecular formula is C14H18BrNO3. The molecule has 1 aromatic heterocycles. The zero-order valence-corrected chi connectivity index (χ0v) is 12.3. The van der Waals surface area contributed by atoms with Crippen molar-refractivity contribution in [1.29, 1.82) is 0 Å². The number of carbonyl (C=O) groups is 1. The number of amides is 1. The Labute approximate surface area is 121 Å². The van der Waals surface area contributed by atoms with E-state index in [1.165, 1.54) is 6.08 Å². The van der Waals surface area contributed by atoms with Crippen LogP contribution in [-0.4, -0.2) is 35.1 Å². The predicted molar refractivity (Wildman–Crippen MR) is 76.5 cm³/mol. The first-order valence-corrected chi connectivity index (χ1v) is 7.35. The first-order chi connectivity index (χ1) is 9.20. The number of hydrogen-bond acceptors (Lipinski definition) is 3. The summed E-state index contributed by atoms with van der Waals surface area (Å²) < 4.78 is 5.95. The molecule has 0 aliphatic heterocycles. The highest BCUT2D eigenvalue weighted by molar-refractivity contribution is 9.10. The summed E-state index contributed by atoms with van der Waals surface area (Å²) in [7, 11) is 0. The van der Waals surface area contributed by atoms with Gasteiger partial charge in [0.15, 0.2) is 4.67 Å². The number of aliphatic hydroxyl groups is 1. The fourth-order valence-electron chi connectivity index (χ4n) is 2.46. The molecule has 0 spiro atoms. The number of carbonyl (C=O) groups excluding carboxylic acids is 1. The van der Waals surface area contributed by atoms with Crippen LogP contribution in [0.3, 0.4) is 0 Å². The number of aliphatic hydroxyl groups excluding tert-OH is 1. The molecule has 0 bridgehead atoms. The maximum Gasteiger partial charge on any atom is 0.247 e. The van der Waals surface area contributed by atoms with Crippen LogP contribution in [0, 0.1) is 0 Å². The molecule has 19 heavy (non-hydrogen) atoms. The number of hydrogen-bond donors (Lipinski definition) is 1. The molecule has 0 radical (unpaired) electrons. The van der Waals surface area contributed by atoms with Crippen molar-refractivity contribution in [2.75, 3.05) is 13.2 Å². The van der Waals surface area contributed by atoms with Crippen LogP contribution in [0.1, 0.15) is 31.4 Å². The van der Waals surface area contributed by atoms with Crippen LogP contribution in [0.2, 0.25) is 0 Å². The molecule has 2 rings (SSSR count). The van der Waals surface area contributed by atoms with Gasteiger partial charge in [-0.3, -0.25) is 4.79 Å². The summed E-state index contributed by atoms with van der Waals surface area (Å²) in [4.78, 5) is 13.9. The number of halogens is 1. The van der Waals surface area contributed by atoms with Gasteiger partial charge in [0.05, 0.1) is 6.61 Å². The second-order valence-corrected chi connectivity index (χ2v) is 5.45. The molecule has 1 fully saturated rings. The van der Waals surface area contributed by atoms with Crippen LogP contribution in [0.15, 0.2) is 27.3 Å². The van der Waals surface area contributed by atoms with Crippen LogP contribution in [-0.2, 0) is 4.79 Å². The Balaban J connectivity index is 2.00. The topological polar surface area (TPSA) is 53.7 Å². The average molecular weight is 328 g/mol. The van der Waals surface area contributed by atoms with E-state index in [1.54, 1.807) is 23.1 Å². The Hall–Kier alpha value is -1.07. The standard InChI is InChI=1S/C14H18BrNO3/c15-13-7-5-12(19-13)6-8-14(18)16(9-10-17)11-3-1-2-4-11/h5-8,11,17H,1-4,9-10H2. The van der Waals surface area contributed by atoms with E-state index in [2.05, 4.69) is 15.9 Å². The van der Waals surface area contributed by atoms with Gasteiger partial charge in [0.2, 0.25) is 5.91 Å². The van der Waals surface area contributed by atoms with Crippen LogP contribution in [0.5, 0.6) is 0 Å². The minimum atomic E-state index is -0.0616. The van der Waals surface area contributed by atoms with Crippen LogP contribution in [0.4, 0.5) is 0 Å². The molecule has 0 atom stereocenters. The van der Waals surface area contributed by atoms with Crippen LogP contribution < -0.4 is 0 Å². The molecule has 1 amide bonds. The molecule has 1 aliphatic rings. The third-order valence-corrected chi connectivity index (χ3v) is 3.80. The van der Waals surface area contributed by atoms with E-state index in [9.17, 15) is 4.79 Å². The van der Waals surface area contributed by atoms with Crippen molar-refractivity contribution >= 4 is 27.9 Å². The monoisotopic (exact) mass is 327 g/mol. The first kappa shape index (κ1) is 14.3. The molecule has 1 heterocycles. The second kappa shape index (κ2) is 6.91. The summed E-state index contributed by atoms with van der Waals surface area (Å²) in [6.45, 7) is 0.401. The molecule has 1 aromatic rings. The van der Waals surface area contributed by atoms with Gasteiger partial charge in [-0.15, -0.1) is 0 Å². The molecular weight excluding hydrogens is 310 g/mol. The predicted octanol–water partition coefficient (Wildman–Crippen LogP) is 2.82. The van der Waals surface area contributed by atoms with E-state index in [0.717, 1.165) is 25.7 Å². The summed E-state index contributed by atoms with van der Waals surface area (Å²) in [5, 5.41) is 9.09. The fourth-order valence-corrected chi connectivity index (χ4v) is 2.78. The van der Waals surface area contributed by atoms with Gasteiger partial charge in [0.25, 0.3) is 0 Å². The van der Waals surface area contributed by atoms with Gasteiger partial charge in [0.1, 0.15) is 5.76 Å². The average Bonchev–Trinajstić information content (AvgIpc) is 3.04. The van der Waals surface area contributed by atoms with Gasteiger partial charge in [-0.2, -0.15) is 0 Å². The van der Waals surface area contributed by atoms with Gasteiger partial charge in [-0.25, -0.2) is 0 Å². The van der Waals surface area contributed by atoms with Crippen LogP contribution in [0.25, 0.3) is 6.08 Å². The third-order valence-electron chi connectivity index (χ3n) is 3.37. The highest BCUT2D eigenvalue weighted by Gasteiger charge is 2.24. The quantitative estimate of drug-likeness (QED) is 0.846. The van der Waals surface area contributed by atoms with E-state index in [1.807, 2.05) is 0 Å². The van der Waals surface area contributed by atoms with Gasteiger partial charge >= 0.3 is 0 Å². The summed E-state index contributed by atoms with van der Waals surface area (Å²) >= 11 is 3.22. The number of nitrogens with zero attached hydrogens (tertiary/aromatic N) is 1. The van der Waals surface area contributed by atoms with E-state index < -0.39 is 0 Å². The summed E-state index contributed by atoms with van der Waals surface area (Å²) in [5.74, 6) is 0.573. The van der Waals surface area contributed by atoms with Crippen molar-refractivity contribution in [3.63, 3.8) is 0 Å². The lowest BCUT2D eigenvalue weighted by molar-refractivity contribution is -0.128. The zero-order valence-electron chi connectivity index (χ0n) is 10.7. The van der Waals surface area contributed by atoms with Crippen molar-refractivity contribution in [3.05, 3.63) is 28.6 Å². The van der Waals surface area contributed by atoms with Gasteiger partial charge in [-0.05, 0) is 47.0 Å². The molecule has 4 nitrogen and oxygen atoms in total. The number of furan rings is 1. The summed E-state index contributed by atoms with van der Waals surface area (Å²) in [5.41, 5.74) is 0. The summed E-state index contributed by atoms with van der Waals surface area (Å²) in [6.07, 6.45) is 7.56. The minimum absolute atomic E-state index is 0.00236. The van der Waals surface area contributed by atoms with Crippen LogP contribution >= 0.6 is 15.9 Å². The molecule has 1 N–H and O–H groups in total. The Morgan fingerprint density at radius 2 is 2.21 bits per heavy atom. The van der Waals surface area contributed by atoms with E-state index >= 15 is 0 Å². The highest BCUT2D eigenvalue weighted by Crippen LogP contribution is 2.23. The molecule has 1 aliphatic carbocycles. The second-order valence-electron chi connectivity index (χ2n) is 4.67. The van der Waals surface area contributed by atoms with E-state index in [0.29, 0.717) is 17.0 Å². The Morgan fingerprint density at radius 1 is 1.47 bits per heavy atom.